The van der Waals surface area contributed by atoms with Gasteiger partial charge >= 0.3 is 0 Å². The molecule has 0 aliphatic heterocycles. The van der Waals surface area contributed by atoms with Crippen molar-refractivity contribution in [3.8, 4) is 11.1 Å². The molecule has 0 saturated heterocycles. The summed E-state index contributed by atoms with van der Waals surface area (Å²) in [6.45, 7) is 2.15. The van der Waals surface area contributed by atoms with Crippen LogP contribution >= 0.6 is 0 Å². The highest BCUT2D eigenvalue weighted by molar-refractivity contribution is 6.25. The molecular formula is C31H20O. The van der Waals surface area contributed by atoms with Gasteiger partial charge in [0, 0.05) is 10.8 Å². The fraction of sp³-hybridized carbons (Fsp3) is 0.0323. The lowest BCUT2D eigenvalue weighted by molar-refractivity contribution is 0.669. The highest BCUT2D eigenvalue weighted by Gasteiger charge is 2.12. The van der Waals surface area contributed by atoms with Gasteiger partial charge in [-0.15, -0.1) is 0 Å². The maximum atomic E-state index is 6.10. The van der Waals surface area contributed by atoms with Crippen molar-refractivity contribution < 1.29 is 4.42 Å². The summed E-state index contributed by atoms with van der Waals surface area (Å²) in [6, 6.07) is 37.1. The van der Waals surface area contributed by atoms with Crippen LogP contribution < -0.4 is 0 Å². The van der Waals surface area contributed by atoms with Crippen LogP contribution in [0.2, 0.25) is 0 Å². The molecule has 0 aliphatic rings. The van der Waals surface area contributed by atoms with E-state index in [4.69, 9.17) is 4.42 Å². The van der Waals surface area contributed by atoms with E-state index in [2.05, 4.69) is 110 Å². The second-order valence-corrected chi connectivity index (χ2v) is 8.61. The summed E-state index contributed by atoms with van der Waals surface area (Å²) in [5, 5.41) is 10.2. The summed E-state index contributed by atoms with van der Waals surface area (Å²) in [5.74, 6) is 0. The van der Waals surface area contributed by atoms with Crippen molar-refractivity contribution in [1.82, 2.24) is 0 Å². The largest absolute Gasteiger partial charge is 0.456 e. The Bertz CT molecular complexity index is 1800. The molecule has 1 heterocycles. The van der Waals surface area contributed by atoms with Gasteiger partial charge in [-0.05, 0) is 80.2 Å². The van der Waals surface area contributed by atoms with Gasteiger partial charge in [0.2, 0.25) is 0 Å². The van der Waals surface area contributed by atoms with E-state index >= 15 is 0 Å². The summed E-state index contributed by atoms with van der Waals surface area (Å²) < 4.78 is 6.10. The number of hydrogen-bond acceptors (Lipinski definition) is 1. The van der Waals surface area contributed by atoms with Gasteiger partial charge in [-0.3, -0.25) is 0 Å². The number of benzene rings is 6. The molecule has 0 aliphatic carbocycles. The minimum Gasteiger partial charge on any atom is -0.456 e. The molecule has 1 aromatic heterocycles. The van der Waals surface area contributed by atoms with E-state index in [1.807, 2.05) is 0 Å². The number of fused-ring (bicyclic) bond motifs is 9. The Morgan fingerprint density at radius 1 is 0.438 bits per heavy atom. The van der Waals surface area contributed by atoms with Crippen LogP contribution in [0, 0.1) is 6.92 Å². The lowest BCUT2D eigenvalue weighted by Crippen LogP contribution is -1.85. The van der Waals surface area contributed by atoms with E-state index in [0.29, 0.717) is 0 Å². The molecule has 0 N–H and O–H groups in total. The summed E-state index contributed by atoms with van der Waals surface area (Å²) in [6.07, 6.45) is 0. The van der Waals surface area contributed by atoms with E-state index in [1.54, 1.807) is 0 Å². The minimum absolute atomic E-state index is 0.940. The Morgan fingerprint density at radius 3 is 1.69 bits per heavy atom. The van der Waals surface area contributed by atoms with Gasteiger partial charge in [0.15, 0.2) is 0 Å². The van der Waals surface area contributed by atoms with Gasteiger partial charge < -0.3 is 4.42 Å². The van der Waals surface area contributed by atoms with Gasteiger partial charge in [-0.25, -0.2) is 0 Å². The van der Waals surface area contributed by atoms with Crippen molar-refractivity contribution in [2.45, 2.75) is 6.92 Å². The molecule has 7 rings (SSSR count). The standard InChI is InChI=1S/C31H20O/c1-19-7-6-12-30-31(19)28-18-21(14-16-29(28)32-30)20-13-15-26-24-10-3-2-8-22(24)23-9-4-5-11-25(23)27(26)17-20/h2-18H,1H3. The monoisotopic (exact) mass is 408 g/mol. The topological polar surface area (TPSA) is 13.1 Å². The molecule has 0 radical (unpaired) electrons. The van der Waals surface area contributed by atoms with Crippen LogP contribution in [0.25, 0.3) is 65.4 Å². The normalized spacial score (nSPS) is 11.9. The van der Waals surface area contributed by atoms with Crippen LogP contribution in [-0.2, 0) is 0 Å². The summed E-state index contributed by atoms with van der Waals surface area (Å²) >= 11 is 0. The van der Waals surface area contributed by atoms with Crippen molar-refractivity contribution >= 4 is 54.3 Å². The van der Waals surface area contributed by atoms with Gasteiger partial charge in [0.1, 0.15) is 11.2 Å². The Morgan fingerprint density at radius 2 is 1.00 bits per heavy atom. The lowest BCUT2D eigenvalue weighted by Gasteiger charge is -2.12. The van der Waals surface area contributed by atoms with E-state index in [9.17, 15) is 0 Å². The van der Waals surface area contributed by atoms with Gasteiger partial charge in [0.05, 0.1) is 0 Å². The molecular weight excluding hydrogens is 388 g/mol. The van der Waals surface area contributed by atoms with Crippen LogP contribution in [0.5, 0.6) is 0 Å². The average molecular weight is 409 g/mol. The third-order valence-corrected chi connectivity index (χ3v) is 6.78. The fourth-order valence-corrected chi connectivity index (χ4v) is 5.27. The van der Waals surface area contributed by atoms with Crippen LogP contribution in [0.4, 0.5) is 0 Å². The number of hydrogen-bond donors (Lipinski definition) is 0. The lowest BCUT2D eigenvalue weighted by atomic mass is 9.92. The molecule has 150 valence electrons. The van der Waals surface area contributed by atoms with Crippen LogP contribution in [0.15, 0.2) is 108 Å². The zero-order chi connectivity index (χ0) is 21.2. The first-order valence-electron chi connectivity index (χ1n) is 11.0. The molecule has 0 amide bonds. The average Bonchev–Trinajstić information content (AvgIpc) is 3.23. The minimum atomic E-state index is 0.940. The van der Waals surface area contributed by atoms with Crippen LogP contribution in [0.1, 0.15) is 5.56 Å². The van der Waals surface area contributed by atoms with E-state index < -0.39 is 0 Å². The van der Waals surface area contributed by atoms with Crippen molar-refractivity contribution in [2.75, 3.05) is 0 Å². The zero-order valence-electron chi connectivity index (χ0n) is 17.7. The molecule has 1 heteroatoms. The van der Waals surface area contributed by atoms with Crippen molar-refractivity contribution in [1.29, 1.82) is 0 Å². The summed E-state index contributed by atoms with van der Waals surface area (Å²) in [5.41, 5.74) is 5.57. The van der Waals surface area contributed by atoms with E-state index in [0.717, 1.165) is 11.2 Å². The second kappa shape index (κ2) is 6.45. The Labute approximate surface area is 185 Å². The molecule has 32 heavy (non-hydrogen) atoms. The molecule has 0 atom stereocenters. The third-order valence-electron chi connectivity index (χ3n) is 6.78. The predicted octanol–water partition coefficient (Wildman–Crippen LogP) is 9.02. The molecule has 7 aromatic rings. The number of aryl methyl sites for hydroxylation is 1. The predicted molar refractivity (Wildman–Crippen MR) is 136 cm³/mol. The third kappa shape index (κ3) is 2.39. The van der Waals surface area contributed by atoms with Crippen molar-refractivity contribution in [2.24, 2.45) is 0 Å². The number of rotatable bonds is 1. The van der Waals surface area contributed by atoms with Gasteiger partial charge in [-0.2, -0.15) is 0 Å². The summed E-state index contributed by atoms with van der Waals surface area (Å²) in [7, 11) is 0. The maximum absolute atomic E-state index is 6.10. The first-order valence-corrected chi connectivity index (χ1v) is 11.0. The fourth-order valence-electron chi connectivity index (χ4n) is 5.27. The van der Waals surface area contributed by atoms with E-state index in [1.165, 1.54) is 59.8 Å². The molecule has 0 spiro atoms. The first-order chi connectivity index (χ1) is 15.8. The second-order valence-electron chi connectivity index (χ2n) is 8.61. The first kappa shape index (κ1) is 17.6. The molecule has 0 unspecified atom stereocenters. The van der Waals surface area contributed by atoms with Gasteiger partial charge in [-0.1, -0.05) is 78.9 Å². The van der Waals surface area contributed by atoms with Crippen LogP contribution in [-0.4, -0.2) is 0 Å². The number of furan rings is 1. The van der Waals surface area contributed by atoms with Crippen LogP contribution in [0.3, 0.4) is 0 Å². The smallest absolute Gasteiger partial charge is 0.135 e. The van der Waals surface area contributed by atoms with Crippen molar-refractivity contribution in [3.05, 3.63) is 109 Å². The molecule has 0 bridgehead atoms. The Balaban J connectivity index is 1.54. The molecule has 0 saturated carbocycles. The molecule has 1 nitrogen and oxygen atoms in total. The highest BCUT2D eigenvalue weighted by atomic mass is 16.3. The van der Waals surface area contributed by atoms with Gasteiger partial charge in [0.25, 0.3) is 0 Å². The Kier molecular flexibility index (Phi) is 3.54. The zero-order valence-corrected chi connectivity index (χ0v) is 17.7. The molecule has 0 fully saturated rings. The maximum Gasteiger partial charge on any atom is 0.135 e. The molecule has 6 aromatic carbocycles. The highest BCUT2D eigenvalue weighted by Crippen LogP contribution is 2.38. The Hall–Kier alpha value is -4.10. The van der Waals surface area contributed by atoms with E-state index in [-0.39, 0.29) is 0 Å². The SMILES string of the molecule is Cc1cccc2oc3ccc(-c4ccc5c6ccccc6c6ccccc6c5c4)cc3c12. The van der Waals surface area contributed by atoms with Crippen molar-refractivity contribution in [3.63, 3.8) is 0 Å². The quantitative estimate of drug-likeness (QED) is 0.247. The summed E-state index contributed by atoms with van der Waals surface area (Å²) in [4.78, 5) is 0.